The highest BCUT2D eigenvalue weighted by molar-refractivity contribution is 5.86. The Morgan fingerprint density at radius 1 is 1.39 bits per heavy atom. The molecule has 0 aliphatic carbocycles. The first kappa shape index (κ1) is 14.4. The fourth-order valence-electron chi connectivity index (χ4n) is 1.38. The monoisotopic (exact) mass is 253 g/mol. The van der Waals surface area contributed by atoms with Crippen molar-refractivity contribution in [2.24, 2.45) is 0 Å². The molecule has 100 valence electrons. The molecule has 0 fully saturated rings. The van der Waals surface area contributed by atoms with Gasteiger partial charge in [-0.05, 0) is 12.8 Å². The summed E-state index contributed by atoms with van der Waals surface area (Å²) in [4.78, 5) is 19.1. The van der Waals surface area contributed by atoms with Crippen molar-refractivity contribution >= 4 is 11.8 Å². The van der Waals surface area contributed by atoms with Gasteiger partial charge >= 0.3 is 5.97 Å². The van der Waals surface area contributed by atoms with E-state index < -0.39 is 11.6 Å². The van der Waals surface area contributed by atoms with E-state index in [1.54, 1.807) is 0 Å². The molecule has 18 heavy (non-hydrogen) atoms. The zero-order chi connectivity index (χ0) is 13.6. The molecule has 0 saturated heterocycles. The summed E-state index contributed by atoms with van der Waals surface area (Å²) in [6.45, 7) is 4.25. The molecule has 0 bridgehead atoms. The molecular weight excluding hydrogens is 234 g/mol. The van der Waals surface area contributed by atoms with Crippen LogP contribution < -0.4 is 5.32 Å². The second-order valence-corrected chi connectivity index (χ2v) is 4.06. The average Bonchev–Trinajstić information content (AvgIpc) is 2.44. The van der Waals surface area contributed by atoms with E-state index in [1.807, 2.05) is 13.8 Å². The first-order chi connectivity index (χ1) is 8.54. The largest absolute Gasteiger partial charge is 0.464 e. The molecule has 0 atom stereocenters. The summed E-state index contributed by atoms with van der Waals surface area (Å²) in [5, 5.41) is 13.1. The minimum atomic E-state index is -0.747. The highest BCUT2D eigenvalue weighted by Crippen LogP contribution is 2.15. The molecule has 1 aromatic heterocycles. The Balaban J connectivity index is 2.62. The molecule has 0 aliphatic rings. The van der Waals surface area contributed by atoms with Crippen LogP contribution in [-0.2, 0) is 4.74 Å². The van der Waals surface area contributed by atoms with Crippen molar-refractivity contribution in [1.29, 1.82) is 0 Å². The van der Waals surface area contributed by atoms with Gasteiger partial charge in [-0.3, -0.25) is 0 Å². The van der Waals surface area contributed by atoms with Crippen LogP contribution in [0.25, 0.3) is 0 Å². The number of carbonyl (C=O) groups excluding carboxylic acids is 1. The number of rotatable bonds is 6. The molecule has 6 nitrogen and oxygen atoms in total. The molecule has 1 rings (SSSR count). The smallest absolute Gasteiger partial charge is 0.358 e. The third-order valence-electron chi connectivity index (χ3n) is 2.96. The predicted octanol–water partition coefficient (Wildman–Crippen LogP) is 1.23. The molecule has 0 amide bonds. The summed E-state index contributed by atoms with van der Waals surface area (Å²) in [7, 11) is 1.29. The first-order valence-electron chi connectivity index (χ1n) is 5.91. The van der Waals surface area contributed by atoms with Crippen molar-refractivity contribution in [3.05, 3.63) is 18.1 Å². The molecule has 6 heteroatoms. The number of esters is 1. The number of ether oxygens (including phenoxy) is 1. The highest BCUT2D eigenvalue weighted by Gasteiger charge is 2.21. The number of methoxy groups -OCH3 is 1. The third kappa shape index (κ3) is 3.66. The Morgan fingerprint density at radius 2 is 2.06 bits per heavy atom. The number of carbonyl (C=O) groups is 1. The Labute approximate surface area is 106 Å². The van der Waals surface area contributed by atoms with E-state index in [-0.39, 0.29) is 5.69 Å². The van der Waals surface area contributed by atoms with E-state index in [0.29, 0.717) is 25.2 Å². The van der Waals surface area contributed by atoms with Crippen LogP contribution in [0.15, 0.2) is 12.4 Å². The molecule has 0 aromatic carbocycles. The molecule has 0 aliphatic heterocycles. The molecule has 0 unspecified atom stereocenters. The number of nitrogens with zero attached hydrogens (tertiary/aromatic N) is 2. The molecule has 1 heterocycles. The second kappa shape index (κ2) is 6.30. The first-order valence-corrected chi connectivity index (χ1v) is 5.91. The quantitative estimate of drug-likeness (QED) is 0.742. The number of hydrogen-bond acceptors (Lipinski definition) is 6. The van der Waals surface area contributed by atoms with Crippen LogP contribution in [0.4, 0.5) is 5.82 Å². The highest BCUT2D eigenvalue weighted by atomic mass is 16.5. The van der Waals surface area contributed by atoms with E-state index >= 15 is 0 Å². The fraction of sp³-hybridized carbons (Fsp3) is 0.583. The summed E-state index contributed by atoms with van der Waals surface area (Å²) >= 11 is 0. The van der Waals surface area contributed by atoms with Gasteiger partial charge in [-0.2, -0.15) is 0 Å². The second-order valence-electron chi connectivity index (χ2n) is 4.06. The van der Waals surface area contributed by atoms with Gasteiger partial charge in [0.05, 0.1) is 25.1 Å². The lowest BCUT2D eigenvalue weighted by atomic mass is 9.98. The zero-order valence-corrected chi connectivity index (χ0v) is 10.9. The lowest BCUT2D eigenvalue weighted by Crippen LogP contribution is -2.35. The van der Waals surface area contributed by atoms with Crippen molar-refractivity contribution in [1.82, 2.24) is 9.97 Å². The van der Waals surface area contributed by atoms with Crippen molar-refractivity contribution < 1.29 is 14.6 Å². The maximum atomic E-state index is 11.1. The molecular formula is C12H19N3O3. The van der Waals surface area contributed by atoms with E-state index in [4.69, 9.17) is 0 Å². The topological polar surface area (TPSA) is 84.3 Å². The van der Waals surface area contributed by atoms with Crippen LogP contribution in [0.2, 0.25) is 0 Å². The molecule has 2 N–H and O–H groups in total. The number of anilines is 1. The number of aliphatic hydroxyl groups is 1. The standard InChI is InChI=1S/C12H19N3O3/c1-4-12(17,5-2)8-15-10-7-13-9(6-14-10)11(16)18-3/h6-7,17H,4-5,8H2,1-3H3,(H,14,15). The number of hydrogen-bond donors (Lipinski definition) is 2. The summed E-state index contributed by atoms with van der Waals surface area (Å²) in [6, 6.07) is 0. The molecule has 1 aromatic rings. The van der Waals surface area contributed by atoms with Crippen molar-refractivity contribution in [2.45, 2.75) is 32.3 Å². The minimum absolute atomic E-state index is 0.157. The van der Waals surface area contributed by atoms with Gasteiger partial charge in [-0.25, -0.2) is 14.8 Å². The van der Waals surface area contributed by atoms with E-state index in [0.717, 1.165) is 0 Å². The lowest BCUT2D eigenvalue weighted by molar-refractivity contribution is 0.0455. The minimum Gasteiger partial charge on any atom is -0.464 e. The van der Waals surface area contributed by atoms with Gasteiger partial charge in [-0.1, -0.05) is 13.8 Å². The van der Waals surface area contributed by atoms with E-state index in [9.17, 15) is 9.90 Å². The summed E-state index contributed by atoms with van der Waals surface area (Å²) < 4.78 is 4.52. The molecule has 0 saturated carbocycles. The summed E-state index contributed by atoms with van der Waals surface area (Å²) in [6.07, 6.45) is 4.09. The average molecular weight is 253 g/mol. The van der Waals surface area contributed by atoms with Crippen LogP contribution in [0, 0.1) is 0 Å². The number of aromatic nitrogens is 2. The van der Waals surface area contributed by atoms with E-state index in [2.05, 4.69) is 20.0 Å². The van der Waals surface area contributed by atoms with Gasteiger partial charge in [0.15, 0.2) is 5.69 Å². The fourth-order valence-corrected chi connectivity index (χ4v) is 1.38. The normalized spacial score (nSPS) is 11.1. The van der Waals surface area contributed by atoms with Crippen LogP contribution in [0.5, 0.6) is 0 Å². The lowest BCUT2D eigenvalue weighted by Gasteiger charge is -2.25. The molecule has 0 radical (unpaired) electrons. The van der Waals surface area contributed by atoms with Gasteiger partial charge in [-0.15, -0.1) is 0 Å². The number of nitrogens with one attached hydrogen (secondary N) is 1. The van der Waals surface area contributed by atoms with Crippen LogP contribution in [0.3, 0.4) is 0 Å². The van der Waals surface area contributed by atoms with Crippen LogP contribution >= 0.6 is 0 Å². The van der Waals surface area contributed by atoms with Crippen molar-refractivity contribution in [3.8, 4) is 0 Å². The van der Waals surface area contributed by atoms with E-state index in [1.165, 1.54) is 19.5 Å². The van der Waals surface area contributed by atoms with Crippen molar-refractivity contribution in [2.75, 3.05) is 19.0 Å². The summed E-state index contributed by atoms with van der Waals surface area (Å²) in [5.74, 6) is -0.00403. The maximum Gasteiger partial charge on any atom is 0.358 e. The van der Waals surface area contributed by atoms with Crippen LogP contribution in [0.1, 0.15) is 37.2 Å². The third-order valence-corrected chi connectivity index (χ3v) is 2.96. The Hall–Kier alpha value is -1.69. The SMILES string of the molecule is CCC(O)(CC)CNc1cnc(C(=O)OC)cn1. The van der Waals surface area contributed by atoms with Crippen LogP contribution in [-0.4, -0.2) is 40.3 Å². The molecule has 0 spiro atoms. The van der Waals surface area contributed by atoms with Crippen molar-refractivity contribution in [3.63, 3.8) is 0 Å². The van der Waals surface area contributed by atoms with Gasteiger partial charge in [0.1, 0.15) is 5.82 Å². The Kier molecular flexibility index (Phi) is 5.03. The van der Waals surface area contributed by atoms with Gasteiger partial charge in [0.25, 0.3) is 0 Å². The zero-order valence-electron chi connectivity index (χ0n) is 10.9. The Bertz CT molecular complexity index is 388. The van der Waals surface area contributed by atoms with Gasteiger partial charge < -0.3 is 15.2 Å². The summed E-state index contributed by atoms with van der Waals surface area (Å²) in [5.41, 5.74) is -0.591. The predicted molar refractivity (Wildman–Crippen MR) is 67.4 cm³/mol. The van der Waals surface area contributed by atoms with Gasteiger partial charge in [0, 0.05) is 6.54 Å². The Morgan fingerprint density at radius 3 is 2.50 bits per heavy atom. The maximum absolute atomic E-state index is 11.1. The van der Waals surface area contributed by atoms with Gasteiger partial charge in [0.2, 0.25) is 0 Å².